The fourth-order valence-electron chi connectivity index (χ4n) is 4.82. The number of hydrogen-bond acceptors (Lipinski definition) is 8. The second-order valence-electron chi connectivity index (χ2n) is 9.17. The van der Waals surface area contributed by atoms with E-state index in [-0.39, 0.29) is 16.6 Å². The third-order valence-corrected chi connectivity index (χ3v) is 9.24. The first-order chi connectivity index (χ1) is 18.4. The van der Waals surface area contributed by atoms with Crippen molar-refractivity contribution in [2.75, 3.05) is 10.5 Å². The Balaban J connectivity index is 1.26. The highest BCUT2D eigenvalue weighted by Crippen LogP contribution is 2.39. The zero-order chi connectivity index (χ0) is 26.3. The molecule has 1 unspecified atom stereocenters. The summed E-state index contributed by atoms with van der Waals surface area (Å²) in [5, 5.41) is 0.789. The second kappa shape index (κ2) is 9.62. The first kappa shape index (κ1) is 24.2. The Morgan fingerprint density at radius 1 is 1.00 bits per heavy atom. The van der Waals surface area contributed by atoms with Crippen LogP contribution in [0.4, 0.5) is 11.6 Å². The van der Waals surface area contributed by atoms with Gasteiger partial charge in [-0.05, 0) is 72.7 Å². The van der Waals surface area contributed by atoms with E-state index in [9.17, 15) is 13.2 Å². The third kappa shape index (κ3) is 4.52. The van der Waals surface area contributed by atoms with E-state index in [1.165, 1.54) is 59.1 Å². The van der Waals surface area contributed by atoms with Gasteiger partial charge in [-0.25, -0.2) is 28.1 Å². The summed E-state index contributed by atoms with van der Waals surface area (Å²) in [5.74, 6) is 0.131. The Labute approximate surface area is 223 Å². The van der Waals surface area contributed by atoms with E-state index < -0.39 is 10.0 Å². The van der Waals surface area contributed by atoms with Crippen LogP contribution in [0.1, 0.15) is 44.4 Å². The molecule has 0 radical (unpaired) electrons. The van der Waals surface area contributed by atoms with Gasteiger partial charge in [0.25, 0.3) is 10.0 Å². The van der Waals surface area contributed by atoms with Crippen LogP contribution in [0.3, 0.4) is 0 Å². The summed E-state index contributed by atoms with van der Waals surface area (Å²) in [5.41, 5.74) is 10.8. The summed E-state index contributed by atoms with van der Waals surface area (Å²) >= 11 is 1.28. The maximum absolute atomic E-state index is 13.4. The van der Waals surface area contributed by atoms with Gasteiger partial charge in [-0.2, -0.15) is 0 Å². The fraction of sp³-hybridized carbons (Fsp3) is 0.143. The average Bonchev–Trinajstić information content (AvgIpc) is 3.27. The minimum atomic E-state index is -3.90. The van der Waals surface area contributed by atoms with Crippen molar-refractivity contribution in [2.45, 2.75) is 30.1 Å². The Morgan fingerprint density at radius 3 is 2.47 bits per heavy atom. The van der Waals surface area contributed by atoms with E-state index in [1.54, 1.807) is 6.07 Å². The number of rotatable bonds is 6. The van der Waals surface area contributed by atoms with Crippen molar-refractivity contribution in [3.63, 3.8) is 0 Å². The van der Waals surface area contributed by atoms with Crippen LogP contribution in [0.25, 0.3) is 10.2 Å². The summed E-state index contributed by atoms with van der Waals surface area (Å²) < 4.78 is 27.6. The van der Waals surface area contributed by atoms with Crippen molar-refractivity contribution in [3.05, 3.63) is 106 Å². The van der Waals surface area contributed by atoms with Crippen LogP contribution in [-0.4, -0.2) is 29.2 Å². The number of carbonyl (C=O) groups excluding carboxylic acids is 1. The molecule has 8 nitrogen and oxygen atoms in total. The summed E-state index contributed by atoms with van der Waals surface area (Å²) in [6.07, 6.45) is 5.68. The molecule has 6 rings (SSSR count). The molecule has 3 heterocycles. The van der Waals surface area contributed by atoms with Crippen LogP contribution in [0.2, 0.25) is 0 Å². The zero-order valence-electron chi connectivity index (χ0n) is 20.2. The number of nitrogens with one attached hydrogen (secondary N) is 1. The number of thiophene rings is 1. The van der Waals surface area contributed by atoms with Crippen LogP contribution < -0.4 is 10.5 Å². The summed E-state index contributed by atoms with van der Waals surface area (Å²) in [6.45, 7) is 0. The van der Waals surface area contributed by atoms with Gasteiger partial charge in [-0.3, -0.25) is 4.79 Å². The molecule has 5 aromatic rings. The highest BCUT2D eigenvalue weighted by Gasteiger charge is 2.25. The number of sulfonamides is 1. The minimum absolute atomic E-state index is 0.00636. The van der Waals surface area contributed by atoms with E-state index in [0.717, 1.165) is 35.2 Å². The van der Waals surface area contributed by atoms with Gasteiger partial charge in [0.2, 0.25) is 11.7 Å². The topological polar surface area (TPSA) is 128 Å². The van der Waals surface area contributed by atoms with Gasteiger partial charge in [-0.1, -0.05) is 30.3 Å². The van der Waals surface area contributed by atoms with Gasteiger partial charge in [0, 0.05) is 29.0 Å². The number of ketones is 1. The van der Waals surface area contributed by atoms with E-state index in [1.807, 2.05) is 6.07 Å². The van der Waals surface area contributed by atoms with Crippen molar-refractivity contribution in [2.24, 2.45) is 0 Å². The molecular formula is C28H23N5O3S2. The SMILES string of the molecule is Nc1c(C(=O)c2ccc(S(=O)(=O)Nc3ncccn3)cc2)sc2nc3c(cc12)CC(c1ccccc1)CC3. The first-order valence-corrected chi connectivity index (χ1v) is 14.4. The van der Waals surface area contributed by atoms with Gasteiger partial charge >= 0.3 is 0 Å². The van der Waals surface area contributed by atoms with Gasteiger partial charge in [0.1, 0.15) is 9.71 Å². The molecule has 0 saturated carbocycles. The molecule has 0 saturated heterocycles. The molecule has 0 spiro atoms. The van der Waals surface area contributed by atoms with E-state index in [4.69, 9.17) is 10.7 Å². The third-order valence-electron chi connectivity index (χ3n) is 6.78. The van der Waals surface area contributed by atoms with E-state index in [0.29, 0.717) is 22.0 Å². The predicted molar refractivity (Wildman–Crippen MR) is 148 cm³/mol. The number of nitrogen functional groups attached to an aromatic ring is 1. The van der Waals surface area contributed by atoms with Crippen molar-refractivity contribution in [1.82, 2.24) is 15.0 Å². The number of carbonyl (C=O) groups is 1. The van der Waals surface area contributed by atoms with Gasteiger partial charge < -0.3 is 5.73 Å². The number of nitrogens with two attached hydrogens (primary N) is 1. The van der Waals surface area contributed by atoms with Crippen LogP contribution in [0.5, 0.6) is 0 Å². The number of fused-ring (bicyclic) bond motifs is 2. The Bertz CT molecular complexity index is 1750. The molecule has 190 valence electrons. The van der Waals surface area contributed by atoms with Crippen LogP contribution in [-0.2, 0) is 22.9 Å². The molecule has 0 amide bonds. The summed E-state index contributed by atoms with van der Waals surface area (Å²) in [7, 11) is -3.90. The largest absolute Gasteiger partial charge is 0.397 e. The van der Waals surface area contributed by atoms with E-state index >= 15 is 0 Å². The number of nitrogens with zero attached hydrogens (tertiary/aromatic N) is 3. The standard InChI is InChI=1S/C28H23N5O3S2/c29-24-22-16-20-15-19(17-5-2-1-3-6-17)9-12-23(20)32-27(22)37-26(24)25(34)18-7-10-21(11-8-18)38(35,36)33-28-30-13-4-14-31-28/h1-8,10-11,13-14,16,19H,9,12,15,29H2,(H,30,31,33). The van der Waals surface area contributed by atoms with Crippen LogP contribution in [0, 0.1) is 0 Å². The lowest BCUT2D eigenvalue weighted by Crippen LogP contribution is -2.15. The smallest absolute Gasteiger partial charge is 0.264 e. The molecule has 3 N–H and O–H groups in total. The number of anilines is 2. The molecule has 2 aromatic carbocycles. The van der Waals surface area contributed by atoms with Crippen molar-refractivity contribution in [1.29, 1.82) is 0 Å². The number of aryl methyl sites for hydroxylation is 1. The fourth-order valence-corrected chi connectivity index (χ4v) is 6.83. The molecular weight excluding hydrogens is 518 g/mol. The second-order valence-corrected chi connectivity index (χ2v) is 11.9. The quantitative estimate of drug-likeness (QED) is 0.290. The van der Waals surface area contributed by atoms with Crippen molar-refractivity contribution >= 4 is 49.0 Å². The van der Waals surface area contributed by atoms with Crippen molar-refractivity contribution in [3.8, 4) is 0 Å². The maximum atomic E-state index is 13.4. The van der Waals surface area contributed by atoms with Gasteiger partial charge in [0.15, 0.2) is 0 Å². The lowest BCUT2D eigenvalue weighted by Gasteiger charge is -2.24. The minimum Gasteiger partial charge on any atom is -0.397 e. The van der Waals surface area contributed by atoms with Gasteiger partial charge in [-0.15, -0.1) is 11.3 Å². The molecule has 1 aliphatic rings. The summed E-state index contributed by atoms with van der Waals surface area (Å²) in [6, 6.07) is 19.9. The molecule has 0 fully saturated rings. The van der Waals surface area contributed by atoms with Crippen LogP contribution >= 0.6 is 11.3 Å². The number of hydrogen-bond donors (Lipinski definition) is 2. The molecule has 0 bridgehead atoms. The Kier molecular flexibility index (Phi) is 6.13. The van der Waals surface area contributed by atoms with Crippen LogP contribution in [0.15, 0.2) is 84.0 Å². The Morgan fingerprint density at radius 2 is 1.74 bits per heavy atom. The lowest BCUT2D eigenvalue weighted by molar-refractivity contribution is 0.104. The monoisotopic (exact) mass is 541 g/mol. The zero-order valence-corrected chi connectivity index (χ0v) is 21.8. The normalized spacial score (nSPS) is 15.2. The highest BCUT2D eigenvalue weighted by molar-refractivity contribution is 7.92. The summed E-state index contributed by atoms with van der Waals surface area (Å²) in [4.78, 5) is 27.1. The molecule has 38 heavy (non-hydrogen) atoms. The number of benzene rings is 2. The number of aromatic nitrogens is 3. The lowest BCUT2D eigenvalue weighted by atomic mass is 9.82. The van der Waals surface area contributed by atoms with Crippen molar-refractivity contribution < 1.29 is 13.2 Å². The number of pyridine rings is 1. The molecule has 1 atom stereocenters. The predicted octanol–water partition coefficient (Wildman–Crippen LogP) is 4.97. The highest BCUT2D eigenvalue weighted by atomic mass is 32.2. The molecule has 3 aromatic heterocycles. The molecule has 10 heteroatoms. The molecule has 1 aliphatic carbocycles. The molecule has 0 aliphatic heterocycles. The Hall–Kier alpha value is -4.15. The first-order valence-electron chi connectivity index (χ1n) is 12.1. The van der Waals surface area contributed by atoms with E-state index in [2.05, 4.69) is 45.0 Å². The average molecular weight is 542 g/mol. The van der Waals surface area contributed by atoms with Gasteiger partial charge in [0.05, 0.1) is 10.6 Å². The maximum Gasteiger partial charge on any atom is 0.264 e.